The molecule has 86 valence electrons. The molecule has 2 N–H and O–H groups in total. The summed E-state index contributed by atoms with van der Waals surface area (Å²) in [7, 11) is 1.67. The Bertz CT molecular complexity index is 233. The second-order valence-electron chi connectivity index (χ2n) is 3.39. The van der Waals surface area contributed by atoms with Crippen LogP contribution in [0.4, 0.5) is 0 Å². The van der Waals surface area contributed by atoms with Crippen LogP contribution in [-0.2, 0) is 11.3 Å². The lowest BCUT2D eigenvalue weighted by Crippen LogP contribution is -2.36. The molecular weight excluding hydrogens is 194 g/mol. The smallest absolute Gasteiger partial charge is 0.0616 e. The zero-order chi connectivity index (χ0) is 10.9. The van der Waals surface area contributed by atoms with Gasteiger partial charge in [-0.1, -0.05) is 0 Å². The first kappa shape index (κ1) is 12.2. The molecule has 0 aliphatic heterocycles. The van der Waals surface area contributed by atoms with Gasteiger partial charge in [-0.05, 0) is 12.5 Å². The molecule has 5 heteroatoms. The summed E-state index contributed by atoms with van der Waals surface area (Å²) in [4.78, 5) is 0. The second-order valence-corrected chi connectivity index (χ2v) is 3.39. The summed E-state index contributed by atoms with van der Waals surface area (Å²) >= 11 is 0. The largest absolute Gasteiger partial charge is 0.396 e. The molecule has 0 saturated heterocycles. The molecule has 1 atom stereocenters. The van der Waals surface area contributed by atoms with Crippen molar-refractivity contribution in [2.45, 2.75) is 19.0 Å². The average Bonchev–Trinajstić information content (AvgIpc) is 2.71. The Labute approximate surface area is 90.1 Å². The van der Waals surface area contributed by atoms with Crippen molar-refractivity contribution in [2.75, 3.05) is 26.9 Å². The van der Waals surface area contributed by atoms with Crippen molar-refractivity contribution in [3.05, 3.63) is 18.5 Å². The molecule has 0 saturated carbocycles. The van der Waals surface area contributed by atoms with Crippen LogP contribution in [0.2, 0.25) is 0 Å². The monoisotopic (exact) mass is 213 g/mol. The molecule has 1 aromatic rings. The van der Waals surface area contributed by atoms with E-state index < -0.39 is 0 Å². The molecule has 1 aromatic heterocycles. The molecule has 1 unspecified atom stereocenters. The molecular formula is C10H19N3O2. The van der Waals surface area contributed by atoms with Crippen LogP contribution in [0.5, 0.6) is 0 Å². The maximum atomic E-state index is 8.83. The third kappa shape index (κ3) is 4.92. The molecule has 0 aliphatic rings. The highest BCUT2D eigenvalue weighted by Crippen LogP contribution is 1.92. The summed E-state index contributed by atoms with van der Waals surface area (Å²) in [6, 6.07) is 2.12. The minimum atomic E-state index is 0.183. The first-order valence-corrected chi connectivity index (χ1v) is 5.17. The Morgan fingerprint density at radius 2 is 2.47 bits per heavy atom. The number of methoxy groups -OCH3 is 1. The first-order chi connectivity index (χ1) is 7.36. The summed E-state index contributed by atoms with van der Waals surface area (Å²) in [6.45, 7) is 2.47. The van der Waals surface area contributed by atoms with Crippen molar-refractivity contribution in [2.24, 2.45) is 0 Å². The number of aromatic nitrogens is 2. The van der Waals surface area contributed by atoms with Crippen molar-refractivity contribution in [1.29, 1.82) is 0 Å². The Morgan fingerprint density at radius 3 is 3.07 bits per heavy atom. The minimum absolute atomic E-state index is 0.183. The van der Waals surface area contributed by atoms with Gasteiger partial charge < -0.3 is 15.2 Å². The zero-order valence-corrected chi connectivity index (χ0v) is 9.09. The van der Waals surface area contributed by atoms with Crippen molar-refractivity contribution >= 4 is 0 Å². The lowest BCUT2D eigenvalue weighted by molar-refractivity contribution is 0.148. The van der Waals surface area contributed by atoms with Crippen LogP contribution in [-0.4, -0.2) is 47.8 Å². The maximum Gasteiger partial charge on any atom is 0.0616 e. The van der Waals surface area contributed by atoms with Gasteiger partial charge in [0.25, 0.3) is 0 Å². The summed E-state index contributed by atoms with van der Waals surface area (Å²) < 4.78 is 6.92. The van der Waals surface area contributed by atoms with Gasteiger partial charge in [0.1, 0.15) is 0 Å². The number of rotatable bonds is 8. The van der Waals surface area contributed by atoms with Crippen molar-refractivity contribution in [3.8, 4) is 0 Å². The van der Waals surface area contributed by atoms with E-state index in [-0.39, 0.29) is 12.6 Å². The van der Waals surface area contributed by atoms with E-state index >= 15 is 0 Å². The van der Waals surface area contributed by atoms with Crippen LogP contribution in [0.25, 0.3) is 0 Å². The Hall–Kier alpha value is -0.910. The molecule has 0 amide bonds. The third-order valence-electron chi connectivity index (χ3n) is 2.18. The fourth-order valence-electron chi connectivity index (χ4n) is 1.42. The predicted molar refractivity (Wildman–Crippen MR) is 57.6 cm³/mol. The molecule has 0 bridgehead atoms. The fraction of sp³-hybridized carbons (Fsp3) is 0.700. The molecule has 1 rings (SSSR count). The van der Waals surface area contributed by atoms with Gasteiger partial charge in [0.15, 0.2) is 0 Å². The Kier molecular flexibility index (Phi) is 5.99. The van der Waals surface area contributed by atoms with Gasteiger partial charge in [-0.3, -0.25) is 4.68 Å². The van der Waals surface area contributed by atoms with Crippen molar-refractivity contribution < 1.29 is 9.84 Å². The Balaban J connectivity index is 2.15. The van der Waals surface area contributed by atoms with Gasteiger partial charge >= 0.3 is 0 Å². The molecule has 0 fully saturated rings. The first-order valence-electron chi connectivity index (χ1n) is 5.17. The van der Waals surface area contributed by atoms with E-state index in [1.54, 1.807) is 13.3 Å². The lowest BCUT2D eigenvalue weighted by atomic mass is 10.2. The SMILES string of the molecule is COCC(CCO)NCCn1cccn1. The van der Waals surface area contributed by atoms with Crippen LogP contribution < -0.4 is 5.32 Å². The molecule has 0 spiro atoms. The van der Waals surface area contributed by atoms with E-state index in [9.17, 15) is 0 Å². The third-order valence-corrected chi connectivity index (χ3v) is 2.18. The minimum Gasteiger partial charge on any atom is -0.396 e. The van der Waals surface area contributed by atoms with Crippen molar-refractivity contribution in [3.63, 3.8) is 0 Å². The van der Waals surface area contributed by atoms with Crippen LogP contribution in [0.3, 0.4) is 0 Å². The van der Waals surface area contributed by atoms with E-state index in [0.29, 0.717) is 13.0 Å². The number of nitrogens with one attached hydrogen (secondary N) is 1. The predicted octanol–water partition coefficient (Wildman–Crippen LogP) is -0.130. The van der Waals surface area contributed by atoms with Gasteiger partial charge in [0.05, 0.1) is 13.2 Å². The van der Waals surface area contributed by atoms with Gasteiger partial charge in [-0.25, -0.2) is 0 Å². The second kappa shape index (κ2) is 7.39. The number of nitrogens with zero attached hydrogens (tertiary/aromatic N) is 2. The summed E-state index contributed by atoms with van der Waals surface area (Å²) in [5, 5.41) is 16.2. The van der Waals surface area contributed by atoms with E-state index in [4.69, 9.17) is 9.84 Å². The highest BCUT2D eigenvalue weighted by molar-refractivity contribution is 4.78. The highest BCUT2D eigenvalue weighted by atomic mass is 16.5. The normalized spacial score (nSPS) is 12.9. The number of ether oxygens (including phenoxy) is 1. The topological polar surface area (TPSA) is 59.3 Å². The van der Waals surface area contributed by atoms with Gasteiger partial charge in [0, 0.05) is 38.7 Å². The quantitative estimate of drug-likeness (QED) is 0.631. The van der Waals surface area contributed by atoms with E-state index in [2.05, 4.69) is 10.4 Å². The Morgan fingerprint density at radius 1 is 1.60 bits per heavy atom. The van der Waals surface area contributed by atoms with Crippen LogP contribution in [0.15, 0.2) is 18.5 Å². The zero-order valence-electron chi connectivity index (χ0n) is 9.09. The summed E-state index contributed by atoms with van der Waals surface area (Å²) in [5.41, 5.74) is 0. The molecule has 0 aromatic carbocycles. The number of aliphatic hydroxyl groups is 1. The van der Waals surface area contributed by atoms with E-state index in [0.717, 1.165) is 13.1 Å². The standard InChI is InChI=1S/C10H19N3O2/c1-15-9-10(3-8-14)11-5-7-13-6-2-4-12-13/h2,4,6,10-11,14H,3,5,7-9H2,1H3. The highest BCUT2D eigenvalue weighted by Gasteiger charge is 2.05. The summed E-state index contributed by atoms with van der Waals surface area (Å²) in [5.74, 6) is 0. The van der Waals surface area contributed by atoms with Crippen LogP contribution >= 0.6 is 0 Å². The number of aliphatic hydroxyl groups excluding tert-OH is 1. The summed E-state index contributed by atoms with van der Waals surface area (Å²) in [6.07, 6.45) is 4.41. The van der Waals surface area contributed by atoms with Crippen LogP contribution in [0, 0.1) is 0 Å². The molecule has 1 heterocycles. The van der Waals surface area contributed by atoms with E-state index in [1.807, 2.05) is 16.9 Å². The molecule has 5 nitrogen and oxygen atoms in total. The average molecular weight is 213 g/mol. The lowest BCUT2D eigenvalue weighted by Gasteiger charge is -2.16. The molecule has 0 radical (unpaired) electrons. The van der Waals surface area contributed by atoms with E-state index in [1.165, 1.54) is 0 Å². The van der Waals surface area contributed by atoms with Gasteiger partial charge in [-0.2, -0.15) is 5.10 Å². The maximum absolute atomic E-state index is 8.83. The number of hydrogen-bond donors (Lipinski definition) is 2. The fourth-order valence-corrected chi connectivity index (χ4v) is 1.42. The number of hydrogen-bond acceptors (Lipinski definition) is 4. The van der Waals surface area contributed by atoms with Gasteiger partial charge in [-0.15, -0.1) is 0 Å². The molecule has 15 heavy (non-hydrogen) atoms. The molecule has 0 aliphatic carbocycles. The van der Waals surface area contributed by atoms with Crippen LogP contribution in [0.1, 0.15) is 6.42 Å². The van der Waals surface area contributed by atoms with Gasteiger partial charge in [0.2, 0.25) is 0 Å². The van der Waals surface area contributed by atoms with Crippen molar-refractivity contribution in [1.82, 2.24) is 15.1 Å².